The van der Waals surface area contributed by atoms with Crippen LogP contribution in [0.2, 0.25) is 5.02 Å². The number of halogens is 1. The standard InChI is InChI=1S/C17H19ClN2O4S/c1-12(21)11-19-17(22)13-5-3-8-16(9-13)25(23,24)20(2)15-7-4-6-14(18)10-15/h3-10,12,21H,11H2,1-2H3,(H,19,22)/t12-/m1/s1. The lowest BCUT2D eigenvalue weighted by Crippen LogP contribution is -2.31. The topological polar surface area (TPSA) is 86.7 Å². The molecule has 0 aliphatic heterocycles. The minimum atomic E-state index is -3.85. The molecular weight excluding hydrogens is 364 g/mol. The lowest BCUT2D eigenvalue weighted by atomic mass is 10.2. The fourth-order valence-corrected chi connectivity index (χ4v) is 3.53. The monoisotopic (exact) mass is 382 g/mol. The van der Waals surface area contributed by atoms with Gasteiger partial charge in [0.1, 0.15) is 0 Å². The van der Waals surface area contributed by atoms with Gasteiger partial charge in [0.15, 0.2) is 0 Å². The van der Waals surface area contributed by atoms with Gasteiger partial charge < -0.3 is 10.4 Å². The summed E-state index contributed by atoms with van der Waals surface area (Å²) in [7, 11) is -2.43. The summed E-state index contributed by atoms with van der Waals surface area (Å²) in [6.45, 7) is 1.62. The normalized spacial score (nSPS) is 12.5. The van der Waals surface area contributed by atoms with E-state index in [-0.39, 0.29) is 17.0 Å². The number of nitrogens with one attached hydrogen (secondary N) is 1. The third-order valence-electron chi connectivity index (χ3n) is 3.48. The second-order valence-corrected chi connectivity index (χ2v) is 7.94. The van der Waals surface area contributed by atoms with Crippen molar-refractivity contribution in [1.29, 1.82) is 0 Å². The number of anilines is 1. The van der Waals surface area contributed by atoms with Gasteiger partial charge in [-0.05, 0) is 43.3 Å². The van der Waals surface area contributed by atoms with Gasteiger partial charge in [0.05, 0.1) is 16.7 Å². The van der Waals surface area contributed by atoms with Crippen molar-refractivity contribution in [3.05, 3.63) is 59.1 Å². The largest absolute Gasteiger partial charge is 0.392 e. The van der Waals surface area contributed by atoms with Gasteiger partial charge in [0.25, 0.3) is 15.9 Å². The van der Waals surface area contributed by atoms with Crippen LogP contribution in [0.15, 0.2) is 53.4 Å². The molecule has 0 spiro atoms. The molecule has 2 aromatic carbocycles. The zero-order valence-corrected chi connectivity index (χ0v) is 15.4. The predicted molar refractivity (Wildman–Crippen MR) is 97.5 cm³/mol. The number of hydrogen-bond donors (Lipinski definition) is 2. The second-order valence-electron chi connectivity index (χ2n) is 5.54. The number of carbonyl (C=O) groups excluding carboxylic acids is 1. The fraction of sp³-hybridized carbons (Fsp3) is 0.235. The van der Waals surface area contributed by atoms with Crippen molar-refractivity contribution in [1.82, 2.24) is 5.32 Å². The number of hydrogen-bond acceptors (Lipinski definition) is 4. The van der Waals surface area contributed by atoms with Crippen LogP contribution < -0.4 is 9.62 Å². The molecule has 2 aromatic rings. The maximum Gasteiger partial charge on any atom is 0.264 e. The molecule has 8 heteroatoms. The molecule has 0 heterocycles. The summed E-state index contributed by atoms with van der Waals surface area (Å²) in [6, 6.07) is 12.2. The Hall–Kier alpha value is -2.09. The lowest BCUT2D eigenvalue weighted by Gasteiger charge is -2.20. The van der Waals surface area contributed by atoms with E-state index in [1.807, 2.05) is 0 Å². The van der Waals surface area contributed by atoms with E-state index < -0.39 is 22.0 Å². The molecule has 0 saturated heterocycles. The zero-order chi connectivity index (χ0) is 18.6. The summed E-state index contributed by atoms with van der Waals surface area (Å²) in [6.07, 6.45) is -0.690. The van der Waals surface area contributed by atoms with Crippen molar-refractivity contribution in [3.63, 3.8) is 0 Å². The van der Waals surface area contributed by atoms with Crippen molar-refractivity contribution < 1.29 is 18.3 Å². The van der Waals surface area contributed by atoms with Crippen LogP contribution >= 0.6 is 11.6 Å². The predicted octanol–water partition coefficient (Wildman–Crippen LogP) is 2.28. The molecule has 134 valence electrons. The highest BCUT2D eigenvalue weighted by Gasteiger charge is 2.22. The molecule has 0 aliphatic rings. The highest BCUT2D eigenvalue weighted by Crippen LogP contribution is 2.25. The van der Waals surface area contributed by atoms with Crippen LogP contribution in [0.1, 0.15) is 17.3 Å². The van der Waals surface area contributed by atoms with Gasteiger partial charge in [0, 0.05) is 24.2 Å². The summed E-state index contributed by atoms with van der Waals surface area (Å²) < 4.78 is 26.7. The maximum atomic E-state index is 12.8. The molecule has 0 radical (unpaired) electrons. The molecule has 0 aromatic heterocycles. The Bertz CT molecular complexity index is 868. The first-order valence-corrected chi connectivity index (χ1v) is 9.34. The molecule has 0 unspecified atom stereocenters. The first kappa shape index (κ1) is 19.2. The van der Waals surface area contributed by atoms with Crippen molar-refractivity contribution in [2.24, 2.45) is 0 Å². The number of sulfonamides is 1. The van der Waals surface area contributed by atoms with Crippen LogP contribution in [0.4, 0.5) is 5.69 Å². The highest BCUT2D eigenvalue weighted by atomic mass is 35.5. The minimum absolute atomic E-state index is 0.0142. The number of aliphatic hydroxyl groups is 1. The molecule has 1 atom stereocenters. The van der Waals surface area contributed by atoms with Crippen LogP contribution in [0.5, 0.6) is 0 Å². The Balaban J connectivity index is 2.30. The van der Waals surface area contributed by atoms with Gasteiger partial charge in [-0.1, -0.05) is 23.7 Å². The number of amides is 1. The Kier molecular flexibility index (Phi) is 6.05. The van der Waals surface area contributed by atoms with Crippen molar-refractivity contribution in [2.75, 3.05) is 17.9 Å². The molecule has 0 aliphatic carbocycles. The van der Waals surface area contributed by atoms with Crippen LogP contribution in [0.25, 0.3) is 0 Å². The second kappa shape index (κ2) is 7.86. The molecule has 2 N–H and O–H groups in total. The Morgan fingerprint density at radius 2 is 1.92 bits per heavy atom. The van der Waals surface area contributed by atoms with Gasteiger partial charge in [-0.2, -0.15) is 0 Å². The molecule has 2 rings (SSSR count). The Morgan fingerprint density at radius 3 is 2.56 bits per heavy atom. The number of benzene rings is 2. The lowest BCUT2D eigenvalue weighted by molar-refractivity contribution is 0.0924. The average molecular weight is 383 g/mol. The van der Waals surface area contributed by atoms with E-state index in [0.29, 0.717) is 10.7 Å². The Morgan fingerprint density at radius 1 is 1.24 bits per heavy atom. The zero-order valence-electron chi connectivity index (χ0n) is 13.8. The molecule has 0 fully saturated rings. The van der Waals surface area contributed by atoms with Gasteiger partial charge in [-0.3, -0.25) is 9.10 Å². The van der Waals surface area contributed by atoms with Gasteiger partial charge in [-0.15, -0.1) is 0 Å². The van der Waals surface area contributed by atoms with E-state index in [4.69, 9.17) is 11.6 Å². The van der Waals surface area contributed by atoms with Gasteiger partial charge in [0.2, 0.25) is 0 Å². The first-order valence-electron chi connectivity index (χ1n) is 7.52. The van der Waals surface area contributed by atoms with Crippen LogP contribution in [0, 0.1) is 0 Å². The van der Waals surface area contributed by atoms with E-state index in [9.17, 15) is 18.3 Å². The molecule has 25 heavy (non-hydrogen) atoms. The molecule has 6 nitrogen and oxygen atoms in total. The number of rotatable bonds is 6. The highest BCUT2D eigenvalue weighted by molar-refractivity contribution is 7.92. The summed E-state index contributed by atoms with van der Waals surface area (Å²) in [5, 5.41) is 12.2. The van der Waals surface area contributed by atoms with E-state index in [2.05, 4.69) is 5.32 Å². The van der Waals surface area contributed by atoms with Crippen molar-refractivity contribution in [2.45, 2.75) is 17.9 Å². The number of carbonyl (C=O) groups is 1. The van der Waals surface area contributed by atoms with Crippen LogP contribution in [-0.2, 0) is 10.0 Å². The third kappa shape index (κ3) is 4.72. The van der Waals surface area contributed by atoms with Crippen LogP contribution in [-0.4, -0.2) is 39.1 Å². The quantitative estimate of drug-likeness (QED) is 0.802. The summed E-state index contributed by atoms with van der Waals surface area (Å²) in [5.74, 6) is -0.455. The summed E-state index contributed by atoms with van der Waals surface area (Å²) in [5.41, 5.74) is 0.609. The summed E-state index contributed by atoms with van der Waals surface area (Å²) >= 11 is 5.92. The van der Waals surface area contributed by atoms with Crippen molar-refractivity contribution in [3.8, 4) is 0 Å². The SMILES string of the molecule is C[C@@H](O)CNC(=O)c1cccc(S(=O)(=O)N(C)c2cccc(Cl)c2)c1. The summed E-state index contributed by atoms with van der Waals surface area (Å²) in [4.78, 5) is 12.1. The average Bonchev–Trinajstić information content (AvgIpc) is 2.59. The van der Waals surface area contributed by atoms with E-state index >= 15 is 0 Å². The van der Waals surface area contributed by atoms with Crippen molar-refractivity contribution >= 4 is 33.2 Å². The van der Waals surface area contributed by atoms with Gasteiger partial charge in [-0.25, -0.2) is 8.42 Å². The fourth-order valence-electron chi connectivity index (χ4n) is 2.11. The van der Waals surface area contributed by atoms with Crippen LogP contribution in [0.3, 0.4) is 0 Å². The number of aliphatic hydroxyl groups excluding tert-OH is 1. The van der Waals surface area contributed by atoms with E-state index in [0.717, 1.165) is 4.31 Å². The van der Waals surface area contributed by atoms with Gasteiger partial charge >= 0.3 is 0 Å². The smallest absolute Gasteiger partial charge is 0.264 e. The van der Waals surface area contributed by atoms with E-state index in [1.165, 1.54) is 37.4 Å². The first-order chi connectivity index (χ1) is 11.7. The maximum absolute atomic E-state index is 12.8. The Labute approximate surface area is 152 Å². The van der Waals surface area contributed by atoms with E-state index in [1.54, 1.807) is 25.1 Å². The molecular formula is C17H19ClN2O4S. The minimum Gasteiger partial charge on any atom is -0.392 e. The molecule has 1 amide bonds. The third-order valence-corrected chi connectivity index (χ3v) is 5.50. The molecule has 0 bridgehead atoms. The molecule has 0 saturated carbocycles. The number of nitrogens with zero attached hydrogens (tertiary/aromatic N) is 1.